The van der Waals surface area contributed by atoms with Crippen molar-refractivity contribution in [2.24, 2.45) is 0 Å². The molecule has 18 heavy (non-hydrogen) atoms. The van der Waals surface area contributed by atoms with Crippen molar-refractivity contribution in [2.45, 2.75) is 18.9 Å². The highest BCUT2D eigenvalue weighted by Crippen LogP contribution is 2.22. The molecular weight excluding hydrogens is 253 g/mol. The van der Waals surface area contributed by atoms with Gasteiger partial charge in [-0.05, 0) is 42.5 Å². The van der Waals surface area contributed by atoms with E-state index in [1.54, 1.807) is 6.07 Å². The highest BCUT2D eigenvalue weighted by Gasteiger charge is 2.16. The number of halogens is 1. The zero-order valence-electron chi connectivity index (χ0n) is 10.2. The Morgan fingerprint density at radius 2 is 2.17 bits per heavy atom. The Labute approximate surface area is 110 Å². The van der Waals surface area contributed by atoms with Crippen LogP contribution in [0.15, 0.2) is 18.2 Å². The van der Waals surface area contributed by atoms with E-state index < -0.39 is 11.8 Å². The smallest absolute Gasteiger partial charge is 0.340 e. The summed E-state index contributed by atoms with van der Waals surface area (Å²) in [5, 5.41) is 3.34. The summed E-state index contributed by atoms with van der Waals surface area (Å²) in [5.41, 5.74) is 0.751. The molecule has 0 radical (unpaired) electrons. The molecule has 1 heterocycles. The van der Waals surface area contributed by atoms with Gasteiger partial charge in [0.1, 0.15) is 5.82 Å². The van der Waals surface area contributed by atoms with Crippen LogP contribution in [-0.2, 0) is 4.74 Å². The van der Waals surface area contributed by atoms with E-state index in [1.165, 1.54) is 19.2 Å². The summed E-state index contributed by atoms with van der Waals surface area (Å²) in [4.78, 5) is 11.4. The molecule has 0 unspecified atom stereocenters. The van der Waals surface area contributed by atoms with Crippen LogP contribution in [0.25, 0.3) is 0 Å². The van der Waals surface area contributed by atoms with Crippen molar-refractivity contribution in [1.29, 1.82) is 0 Å². The average Bonchev–Trinajstić information content (AvgIpc) is 2.41. The van der Waals surface area contributed by atoms with Gasteiger partial charge in [0.05, 0.1) is 12.7 Å². The van der Waals surface area contributed by atoms with Gasteiger partial charge in [0.25, 0.3) is 0 Å². The number of ether oxygens (including phenoxy) is 1. The van der Waals surface area contributed by atoms with Gasteiger partial charge in [-0.25, -0.2) is 9.18 Å². The van der Waals surface area contributed by atoms with E-state index in [1.807, 2.05) is 11.8 Å². The van der Waals surface area contributed by atoms with Gasteiger partial charge in [0, 0.05) is 11.7 Å². The summed E-state index contributed by atoms with van der Waals surface area (Å²) in [6, 6.07) is 4.88. The Morgan fingerprint density at radius 3 is 2.83 bits per heavy atom. The third kappa shape index (κ3) is 3.16. The third-order valence-electron chi connectivity index (χ3n) is 2.96. The lowest BCUT2D eigenvalue weighted by Gasteiger charge is -2.23. The fourth-order valence-electron chi connectivity index (χ4n) is 1.96. The summed E-state index contributed by atoms with van der Waals surface area (Å²) >= 11 is 1.95. The van der Waals surface area contributed by atoms with Crippen molar-refractivity contribution in [3.8, 4) is 0 Å². The number of rotatable bonds is 3. The fourth-order valence-corrected chi connectivity index (χ4v) is 3.07. The number of benzene rings is 1. The number of carbonyl (C=O) groups excluding carboxylic acids is 1. The standard InChI is InChI=1S/C13H16FNO2S/c1-17-13(16)11-8-10(2-3-12(11)14)15-9-4-6-18-7-5-9/h2-3,8-9,15H,4-7H2,1H3. The minimum atomic E-state index is -0.643. The van der Waals surface area contributed by atoms with Crippen LogP contribution in [-0.4, -0.2) is 30.6 Å². The zero-order valence-corrected chi connectivity index (χ0v) is 11.1. The van der Waals surface area contributed by atoms with Crippen LogP contribution in [0.3, 0.4) is 0 Å². The molecule has 5 heteroatoms. The molecule has 98 valence electrons. The van der Waals surface area contributed by atoms with Crippen molar-refractivity contribution in [1.82, 2.24) is 0 Å². The number of esters is 1. The van der Waals surface area contributed by atoms with E-state index in [2.05, 4.69) is 10.1 Å². The first-order chi connectivity index (χ1) is 8.70. The van der Waals surface area contributed by atoms with E-state index in [4.69, 9.17) is 0 Å². The van der Waals surface area contributed by atoms with Crippen molar-refractivity contribution in [3.63, 3.8) is 0 Å². The highest BCUT2D eigenvalue weighted by atomic mass is 32.2. The van der Waals surface area contributed by atoms with Gasteiger partial charge < -0.3 is 10.1 Å². The molecule has 1 aromatic rings. The maximum absolute atomic E-state index is 13.5. The fraction of sp³-hybridized carbons (Fsp3) is 0.462. The van der Waals surface area contributed by atoms with Crippen molar-refractivity contribution >= 4 is 23.4 Å². The lowest BCUT2D eigenvalue weighted by Crippen LogP contribution is -2.24. The Morgan fingerprint density at radius 1 is 1.44 bits per heavy atom. The Balaban J connectivity index is 2.11. The summed E-state index contributed by atoms with van der Waals surface area (Å²) in [6.07, 6.45) is 2.19. The number of carbonyl (C=O) groups is 1. The van der Waals surface area contributed by atoms with Crippen molar-refractivity contribution in [3.05, 3.63) is 29.6 Å². The zero-order chi connectivity index (χ0) is 13.0. The van der Waals surface area contributed by atoms with Crippen LogP contribution in [0.5, 0.6) is 0 Å². The van der Waals surface area contributed by atoms with Gasteiger partial charge in [-0.15, -0.1) is 0 Å². The van der Waals surface area contributed by atoms with Crippen LogP contribution in [0.1, 0.15) is 23.2 Å². The first kappa shape index (κ1) is 13.2. The molecule has 0 aromatic heterocycles. The number of methoxy groups -OCH3 is 1. The maximum Gasteiger partial charge on any atom is 0.340 e. The summed E-state index contributed by atoms with van der Waals surface area (Å²) in [6.45, 7) is 0. The predicted molar refractivity (Wildman–Crippen MR) is 71.7 cm³/mol. The predicted octanol–water partition coefficient (Wildman–Crippen LogP) is 2.92. The van der Waals surface area contributed by atoms with Gasteiger partial charge in [-0.1, -0.05) is 0 Å². The second-order valence-corrected chi connectivity index (χ2v) is 5.44. The van der Waals surface area contributed by atoms with E-state index in [0.29, 0.717) is 6.04 Å². The minimum absolute atomic E-state index is 0.0207. The molecule has 0 bridgehead atoms. The molecule has 0 atom stereocenters. The van der Waals surface area contributed by atoms with E-state index in [0.717, 1.165) is 30.0 Å². The second kappa shape index (κ2) is 6.09. The first-order valence-electron chi connectivity index (χ1n) is 5.93. The van der Waals surface area contributed by atoms with Gasteiger partial charge >= 0.3 is 5.97 Å². The summed E-state index contributed by atoms with van der Waals surface area (Å²) in [7, 11) is 1.25. The molecule has 0 saturated carbocycles. The quantitative estimate of drug-likeness (QED) is 0.856. The second-order valence-electron chi connectivity index (χ2n) is 4.22. The molecule has 2 rings (SSSR count). The molecule has 0 amide bonds. The van der Waals surface area contributed by atoms with Crippen LogP contribution in [0.4, 0.5) is 10.1 Å². The molecule has 0 spiro atoms. The van der Waals surface area contributed by atoms with E-state index in [9.17, 15) is 9.18 Å². The Kier molecular flexibility index (Phi) is 4.47. The molecule has 1 aliphatic heterocycles. The molecule has 0 aliphatic carbocycles. The van der Waals surface area contributed by atoms with Gasteiger partial charge in [-0.2, -0.15) is 11.8 Å². The largest absolute Gasteiger partial charge is 0.465 e. The molecule has 1 saturated heterocycles. The molecule has 1 N–H and O–H groups in total. The summed E-state index contributed by atoms with van der Waals surface area (Å²) in [5.74, 6) is 1.09. The number of nitrogens with one attached hydrogen (secondary N) is 1. The minimum Gasteiger partial charge on any atom is -0.465 e. The van der Waals surface area contributed by atoms with Crippen LogP contribution in [0, 0.1) is 5.82 Å². The van der Waals surface area contributed by atoms with Gasteiger partial charge in [-0.3, -0.25) is 0 Å². The van der Waals surface area contributed by atoms with Crippen molar-refractivity contribution in [2.75, 3.05) is 23.9 Å². The molecular formula is C13H16FNO2S. The monoisotopic (exact) mass is 269 g/mol. The molecule has 1 fully saturated rings. The lowest BCUT2D eigenvalue weighted by molar-refractivity contribution is 0.0595. The molecule has 3 nitrogen and oxygen atoms in total. The van der Waals surface area contributed by atoms with E-state index >= 15 is 0 Å². The number of hydrogen-bond acceptors (Lipinski definition) is 4. The molecule has 1 aliphatic rings. The third-order valence-corrected chi connectivity index (χ3v) is 4.01. The van der Waals surface area contributed by atoms with Crippen molar-refractivity contribution < 1.29 is 13.9 Å². The first-order valence-corrected chi connectivity index (χ1v) is 7.08. The van der Waals surface area contributed by atoms with Crippen LogP contribution >= 0.6 is 11.8 Å². The average molecular weight is 269 g/mol. The Bertz CT molecular complexity index is 433. The normalized spacial score (nSPS) is 16.3. The number of hydrogen-bond donors (Lipinski definition) is 1. The highest BCUT2D eigenvalue weighted by molar-refractivity contribution is 7.99. The van der Waals surface area contributed by atoms with Gasteiger partial charge in [0.15, 0.2) is 0 Å². The maximum atomic E-state index is 13.5. The lowest BCUT2D eigenvalue weighted by atomic mass is 10.1. The van der Waals surface area contributed by atoms with Crippen LogP contribution < -0.4 is 5.32 Å². The Hall–Kier alpha value is -1.23. The van der Waals surface area contributed by atoms with Gasteiger partial charge in [0.2, 0.25) is 0 Å². The number of anilines is 1. The number of thioether (sulfide) groups is 1. The molecule has 1 aromatic carbocycles. The van der Waals surface area contributed by atoms with E-state index in [-0.39, 0.29) is 5.56 Å². The summed E-state index contributed by atoms with van der Waals surface area (Å²) < 4.78 is 18.0. The topological polar surface area (TPSA) is 38.3 Å². The van der Waals surface area contributed by atoms with Crippen LogP contribution in [0.2, 0.25) is 0 Å². The SMILES string of the molecule is COC(=O)c1cc(NC2CCSCC2)ccc1F.